The smallest absolute Gasteiger partial charge is 0.242 e. The van der Waals surface area contributed by atoms with E-state index in [2.05, 4.69) is 10.6 Å². The van der Waals surface area contributed by atoms with Gasteiger partial charge in [-0.2, -0.15) is 0 Å². The Morgan fingerprint density at radius 1 is 0.706 bits per heavy atom. The Balaban J connectivity index is 1.44. The van der Waals surface area contributed by atoms with Crippen molar-refractivity contribution in [1.82, 2.24) is 0 Å². The van der Waals surface area contributed by atoms with Crippen LogP contribution in [0.3, 0.4) is 0 Å². The van der Waals surface area contributed by atoms with E-state index in [0.29, 0.717) is 6.42 Å². The van der Waals surface area contributed by atoms with Crippen LogP contribution in [0.1, 0.15) is 21.9 Å². The van der Waals surface area contributed by atoms with Crippen LogP contribution in [0.4, 0.5) is 11.4 Å². The predicted octanol–water partition coefficient (Wildman–Crippen LogP) is 6.65. The van der Waals surface area contributed by atoms with Gasteiger partial charge in [-0.25, -0.2) is 0 Å². The first kappa shape index (κ1) is 23.3. The number of hydrogen-bond donors (Lipinski definition) is 2. The maximum absolute atomic E-state index is 13.2. The molecule has 2 N–H and O–H groups in total. The minimum atomic E-state index is -0.416. The quantitative estimate of drug-likeness (QED) is 0.286. The zero-order chi connectivity index (χ0) is 23.8. The summed E-state index contributed by atoms with van der Waals surface area (Å²) in [6.45, 7) is 2.02. The van der Waals surface area contributed by atoms with Crippen LogP contribution in [0.25, 0.3) is 0 Å². The minimum Gasteiger partial charge on any atom is -0.326 e. The fourth-order valence-electron chi connectivity index (χ4n) is 3.48. The van der Waals surface area contributed by atoms with Gasteiger partial charge in [-0.3, -0.25) is 9.59 Å². The molecule has 0 spiro atoms. The molecular formula is C29H26N2O2S. The SMILES string of the molecule is Cc1ccc(NC(=O)C(Sc2ccc(NC(=O)Cc3ccccc3)cc2)c2ccccc2)cc1. The first-order valence-corrected chi connectivity index (χ1v) is 12.0. The second-order valence-corrected chi connectivity index (χ2v) is 9.18. The Kier molecular flexibility index (Phi) is 7.79. The largest absolute Gasteiger partial charge is 0.326 e. The van der Waals surface area contributed by atoms with E-state index in [0.717, 1.165) is 33.0 Å². The lowest BCUT2D eigenvalue weighted by atomic mass is 10.1. The number of carbonyl (C=O) groups is 2. The number of carbonyl (C=O) groups excluding carboxylic acids is 2. The zero-order valence-corrected chi connectivity index (χ0v) is 19.7. The molecule has 170 valence electrons. The molecule has 34 heavy (non-hydrogen) atoms. The van der Waals surface area contributed by atoms with Crippen LogP contribution >= 0.6 is 11.8 Å². The van der Waals surface area contributed by atoms with E-state index < -0.39 is 5.25 Å². The van der Waals surface area contributed by atoms with Gasteiger partial charge in [0.25, 0.3) is 0 Å². The van der Waals surface area contributed by atoms with Gasteiger partial charge < -0.3 is 10.6 Å². The summed E-state index contributed by atoms with van der Waals surface area (Å²) in [5, 5.41) is 5.55. The van der Waals surface area contributed by atoms with E-state index in [1.807, 2.05) is 116 Å². The topological polar surface area (TPSA) is 58.2 Å². The van der Waals surface area contributed by atoms with Crippen molar-refractivity contribution in [3.63, 3.8) is 0 Å². The molecule has 0 heterocycles. The minimum absolute atomic E-state index is 0.0637. The summed E-state index contributed by atoms with van der Waals surface area (Å²) in [6.07, 6.45) is 0.326. The summed E-state index contributed by atoms with van der Waals surface area (Å²) < 4.78 is 0. The lowest BCUT2D eigenvalue weighted by Crippen LogP contribution is -2.19. The van der Waals surface area contributed by atoms with Crippen molar-refractivity contribution in [3.05, 3.63) is 126 Å². The molecule has 4 aromatic carbocycles. The molecule has 1 unspecified atom stereocenters. The van der Waals surface area contributed by atoms with E-state index in [9.17, 15) is 9.59 Å². The summed E-state index contributed by atoms with van der Waals surface area (Å²) in [6, 6.07) is 34.8. The molecule has 4 nitrogen and oxygen atoms in total. The highest BCUT2D eigenvalue weighted by atomic mass is 32.2. The molecule has 0 saturated carbocycles. The van der Waals surface area contributed by atoms with Crippen molar-refractivity contribution in [2.45, 2.75) is 23.5 Å². The van der Waals surface area contributed by atoms with Gasteiger partial charge in [0.15, 0.2) is 0 Å². The first-order valence-electron chi connectivity index (χ1n) is 11.1. The summed E-state index contributed by atoms with van der Waals surface area (Å²) in [4.78, 5) is 26.5. The molecule has 0 aliphatic heterocycles. The van der Waals surface area contributed by atoms with E-state index in [4.69, 9.17) is 0 Å². The Labute approximate surface area is 204 Å². The van der Waals surface area contributed by atoms with Crippen LogP contribution in [0.5, 0.6) is 0 Å². The van der Waals surface area contributed by atoms with Gasteiger partial charge >= 0.3 is 0 Å². The van der Waals surface area contributed by atoms with Crippen molar-refractivity contribution in [1.29, 1.82) is 0 Å². The summed E-state index contributed by atoms with van der Waals surface area (Å²) in [5.74, 6) is -0.147. The molecule has 0 aliphatic carbocycles. The molecule has 4 aromatic rings. The van der Waals surface area contributed by atoms with Crippen molar-refractivity contribution in [3.8, 4) is 0 Å². The monoisotopic (exact) mass is 466 g/mol. The number of anilines is 2. The van der Waals surface area contributed by atoms with E-state index in [1.165, 1.54) is 11.8 Å². The summed E-state index contributed by atoms with van der Waals surface area (Å²) in [5.41, 5.74) is 4.54. The van der Waals surface area contributed by atoms with Gasteiger partial charge in [-0.05, 0) is 54.4 Å². The fraction of sp³-hybridized carbons (Fsp3) is 0.103. The molecule has 2 amide bonds. The summed E-state index contributed by atoms with van der Waals surface area (Å²) >= 11 is 1.48. The van der Waals surface area contributed by atoms with Gasteiger partial charge in [0.1, 0.15) is 5.25 Å². The first-order chi connectivity index (χ1) is 16.6. The number of thioether (sulfide) groups is 1. The molecule has 0 aliphatic rings. The van der Waals surface area contributed by atoms with Crippen molar-refractivity contribution >= 4 is 35.0 Å². The van der Waals surface area contributed by atoms with Gasteiger partial charge in [0.2, 0.25) is 11.8 Å². The van der Waals surface area contributed by atoms with Gasteiger partial charge in [-0.1, -0.05) is 78.4 Å². The molecule has 0 radical (unpaired) electrons. The third-order valence-corrected chi connectivity index (χ3v) is 6.53. The molecule has 5 heteroatoms. The average molecular weight is 467 g/mol. The van der Waals surface area contributed by atoms with Gasteiger partial charge in [-0.15, -0.1) is 11.8 Å². The maximum atomic E-state index is 13.2. The highest BCUT2D eigenvalue weighted by molar-refractivity contribution is 8.00. The number of nitrogens with one attached hydrogen (secondary N) is 2. The lowest BCUT2D eigenvalue weighted by molar-refractivity contribution is -0.116. The second kappa shape index (κ2) is 11.3. The third-order valence-electron chi connectivity index (χ3n) is 5.26. The van der Waals surface area contributed by atoms with E-state index in [1.54, 1.807) is 0 Å². The number of aryl methyl sites for hydroxylation is 1. The molecule has 4 rings (SSSR count). The number of benzene rings is 4. The molecule has 0 fully saturated rings. The standard InChI is InChI=1S/C29H26N2O2S/c1-21-12-14-25(15-13-21)31-29(33)28(23-10-6-3-7-11-23)34-26-18-16-24(17-19-26)30-27(32)20-22-8-4-2-5-9-22/h2-19,28H,20H2,1H3,(H,30,32)(H,31,33). The van der Waals surface area contributed by atoms with Crippen LogP contribution in [0.2, 0.25) is 0 Å². The highest BCUT2D eigenvalue weighted by Crippen LogP contribution is 2.36. The van der Waals surface area contributed by atoms with Crippen LogP contribution in [-0.4, -0.2) is 11.8 Å². The van der Waals surface area contributed by atoms with Crippen LogP contribution < -0.4 is 10.6 Å². The predicted molar refractivity (Wildman–Crippen MR) is 140 cm³/mol. The fourth-order valence-corrected chi connectivity index (χ4v) is 4.51. The van der Waals surface area contributed by atoms with Crippen molar-refractivity contribution < 1.29 is 9.59 Å². The van der Waals surface area contributed by atoms with Crippen LogP contribution in [0, 0.1) is 6.92 Å². The number of amides is 2. The van der Waals surface area contributed by atoms with Crippen LogP contribution in [0.15, 0.2) is 114 Å². The molecule has 0 bridgehead atoms. The number of rotatable bonds is 8. The lowest BCUT2D eigenvalue weighted by Gasteiger charge is -2.17. The Hall–Kier alpha value is -3.83. The Morgan fingerprint density at radius 3 is 1.91 bits per heavy atom. The molecule has 0 aromatic heterocycles. The van der Waals surface area contributed by atoms with Gasteiger partial charge in [0.05, 0.1) is 6.42 Å². The maximum Gasteiger partial charge on any atom is 0.242 e. The zero-order valence-electron chi connectivity index (χ0n) is 18.9. The Morgan fingerprint density at radius 2 is 1.26 bits per heavy atom. The molecular weight excluding hydrogens is 440 g/mol. The second-order valence-electron chi connectivity index (χ2n) is 8.00. The van der Waals surface area contributed by atoms with Crippen molar-refractivity contribution in [2.24, 2.45) is 0 Å². The highest BCUT2D eigenvalue weighted by Gasteiger charge is 2.22. The van der Waals surface area contributed by atoms with E-state index >= 15 is 0 Å². The van der Waals surface area contributed by atoms with Crippen molar-refractivity contribution in [2.75, 3.05) is 10.6 Å². The third kappa shape index (κ3) is 6.59. The summed E-state index contributed by atoms with van der Waals surface area (Å²) in [7, 11) is 0. The molecule has 1 atom stereocenters. The van der Waals surface area contributed by atoms with Crippen LogP contribution in [-0.2, 0) is 16.0 Å². The normalized spacial score (nSPS) is 11.4. The average Bonchev–Trinajstić information content (AvgIpc) is 2.86. The molecule has 0 saturated heterocycles. The van der Waals surface area contributed by atoms with Gasteiger partial charge in [0, 0.05) is 16.3 Å². The number of hydrogen-bond acceptors (Lipinski definition) is 3. The van der Waals surface area contributed by atoms with E-state index in [-0.39, 0.29) is 11.8 Å². The Bertz CT molecular complexity index is 1220.